The van der Waals surface area contributed by atoms with E-state index in [1.54, 1.807) is 11.8 Å². The van der Waals surface area contributed by atoms with E-state index in [0.717, 1.165) is 32.9 Å². The predicted molar refractivity (Wildman–Crippen MR) is 142 cm³/mol. The molecule has 0 fully saturated rings. The third kappa shape index (κ3) is 5.24. The molecule has 5 rings (SSSR count). The monoisotopic (exact) mass is 498 g/mol. The van der Waals surface area contributed by atoms with Crippen LogP contribution in [0.5, 0.6) is 0 Å². The molecule has 5 aromatic rings. The van der Waals surface area contributed by atoms with Crippen LogP contribution in [0, 0.1) is 6.92 Å². The van der Waals surface area contributed by atoms with Crippen LogP contribution in [0.15, 0.2) is 96.2 Å². The largest absolute Gasteiger partial charge is 0.345 e. The van der Waals surface area contributed by atoms with Gasteiger partial charge in [-0.3, -0.25) is 9.36 Å². The maximum Gasteiger partial charge on any atom is 0.251 e. The zero-order valence-electron chi connectivity index (χ0n) is 19.1. The van der Waals surface area contributed by atoms with Gasteiger partial charge in [-0.1, -0.05) is 90.1 Å². The lowest BCUT2D eigenvalue weighted by Crippen LogP contribution is -2.24. The molecular formula is C28H23ClN4OS. The van der Waals surface area contributed by atoms with Gasteiger partial charge in [0.1, 0.15) is 0 Å². The van der Waals surface area contributed by atoms with Gasteiger partial charge >= 0.3 is 0 Å². The molecule has 0 saturated carbocycles. The van der Waals surface area contributed by atoms with E-state index in [2.05, 4.69) is 27.6 Å². The van der Waals surface area contributed by atoms with Crippen LogP contribution in [0.3, 0.4) is 0 Å². The van der Waals surface area contributed by atoms with E-state index in [1.165, 1.54) is 5.56 Å². The van der Waals surface area contributed by atoms with Gasteiger partial charge in [-0.15, -0.1) is 10.2 Å². The van der Waals surface area contributed by atoms with Crippen LogP contribution in [-0.2, 0) is 12.3 Å². The molecule has 0 bridgehead atoms. The Balaban J connectivity index is 1.41. The Morgan fingerprint density at radius 2 is 1.69 bits per heavy atom. The number of hydrogen-bond donors (Lipinski definition) is 1. The molecular weight excluding hydrogens is 476 g/mol. The molecule has 0 aliphatic rings. The molecule has 1 aromatic heterocycles. The predicted octanol–water partition coefficient (Wildman–Crippen LogP) is 6.60. The molecule has 7 heteroatoms. The van der Waals surface area contributed by atoms with Gasteiger partial charge in [-0.25, -0.2) is 0 Å². The van der Waals surface area contributed by atoms with Gasteiger partial charge in [0.2, 0.25) is 0 Å². The van der Waals surface area contributed by atoms with Crippen molar-refractivity contribution in [1.29, 1.82) is 0 Å². The van der Waals surface area contributed by atoms with Crippen LogP contribution in [0.4, 0.5) is 0 Å². The number of rotatable bonds is 7. The fraction of sp³-hybridized carbons (Fsp3) is 0.107. The average molecular weight is 499 g/mol. The molecule has 0 aliphatic carbocycles. The number of fused-ring (bicyclic) bond motifs is 1. The summed E-state index contributed by atoms with van der Waals surface area (Å²) in [5, 5.41) is 15.4. The number of carbonyl (C=O) groups excluding carboxylic acids is 1. The van der Waals surface area contributed by atoms with E-state index in [-0.39, 0.29) is 12.5 Å². The van der Waals surface area contributed by atoms with Crippen LogP contribution in [0.25, 0.3) is 16.5 Å². The van der Waals surface area contributed by atoms with Gasteiger partial charge in [-0.2, -0.15) is 0 Å². The van der Waals surface area contributed by atoms with E-state index in [4.69, 9.17) is 11.6 Å². The summed E-state index contributed by atoms with van der Waals surface area (Å²) in [6, 6.07) is 29.6. The molecule has 1 amide bonds. The summed E-state index contributed by atoms with van der Waals surface area (Å²) in [5.74, 6) is 1.23. The summed E-state index contributed by atoms with van der Waals surface area (Å²) in [5.41, 5.74) is 3.74. The summed E-state index contributed by atoms with van der Waals surface area (Å²) in [6.07, 6.45) is 0. The van der Waals surface area contributed by atoms with E-state index in [9.17, 15) is 4.79 Å². The number of nitrogens with zero attached hydrogens (tertiary/aromatic N) is 3. The number of benzene rings is 4. The second-order valence-electron chi connectivity index (χ2n) is 8.18. The molecule has 5 nitrogen and oxygen atoms in total. The second kappa shape index (κ2) is 10.3. The summed E-state index contributed by atoms with van der Waals surface area (Å²) < 4.78 is 1.98. The Hall–Kier alpha value is -3.61. The molecule has 0 aliphatic heterocycles. The summed E-state index contributed by atoms with van der Waals surface area (Å²) in [7, 11) is 0. The van der Waals surface area contributed by atoms with Crippen LogP contribution in [-0.4, -0.2) is 20.7 Å². The van der Waals surface area contributed by atoms with Gasteiger partial charge in [0.25, 0.3) is 5.91 Å². The zero-order chi connectivity index (χ0) is 24.2. The number of hydrogen-bond acceptors (Lipinski definition) is 4. The minimum Gasteiger partial charge on any atom is -0.345 e. The Labute approximate surface area is 213 Å². The van der Waals surface area contributed by atoms with Crippen LogP contribution in [0.1, 0.15) is 27.3 Å². The summed E-state index contributed by atoms with van der Waals surface area (Å²) in [6.45, 7) is 2.26. The number of thioether (sulfide) groups is 1. The molecule has 0 atom stereocenters. The van der Waals surface area contributed by atoms with E-state index < -0.39 is 0 Å². The minimum absolute atomic E-state index is 0.161. The number of amides is 1. The van der Waals surface area contributed by atoms with Gasteiger partial charge in [-0.05, 0) is 53.1 Å². The van der Waals surface area contributed by atoms with Gasteiger partial charge < -0.3 is 5.32 Å². The molecule has 0 spiro atoms. The third-order valence-corrected chi connectivity index (χ3v) is 6.98. The van der Waals surface area contributed by atoms with Crippen molar-refractivity contribution in [3.05, 3.63) is 119 Å². The van der Waals surface area contributed by atoms with Crippen LogP contribution in [0.2, 0.25) is 5.02 Å². The first-order valence-electron chi connectivity index (χ1n) is 11.2. The summed E-state index contributed by atoms with van der Waals surface area (Å²) in [4.78, 5) is 13.0. The van der Waals surface area contributed by atoms with Gasteiger partial charge in [0.15, 0.2) is 11.0 Å². The lowest BCUT2D eigenvalue weighted by atomic mass is 10.1. The SMILES string of the molecule is Cc1ccc(Cl)cc1-n1c(CNC(=O)c2ccc3ccccc3c2)nnc1SCc1ccccc1. The fourth-order valence-corrected chi connectivity index (χ4v) is 4.97. The maximum absolute atomic E-state index is 13.0. The molecule has 35 heavy (non-hydrogen) atoms. The smallest absolute Gasteiger partial charge is 0.251 e. The van der Waals surface area contributed by atoms with E-state index >= 15 is 0 Å². The fourth-order valence-electron chi connectivity index (χ4n) is 3.89. The highest BCUT2D eigenvalue weighted by atomic mass is 35.5. The van der Waals surface area contributed by atoms with Crippen molar-refractivity contribution in [1.82, 2.24) is 20.1 Å². The van der Waals surface area contributed by atoms with Crippen molar-refractivity contribution in [2.45, 2.75) is 24.4 Å². The van der Waals surface area contributed by atoms with E-state index in [1.807, 2.05) is 90.4 Å². The summed E-state index contributed by atoms with van der Waals surface area (Å²) >= 11 is 7.93. The molecule has 0 saturated heterocycles. The number of aryl methyl sites for hydroxylation is 1. The average Bonchev–Trinajstić information content (AvgIpc) is 3.30. The zero-order valence-corrected chi connectivity index (χ0v) is 20.7. The number of carbonyl (C=O) groups is 1. The Morgan fingerprint density at radius 1 is 0.914 bits per heavy atom. The normalized spacial score (nSPS) is 11.0. The van der Waals surface area contributed by atoms with Crippen molar-refractivity contribution < 1.29 is 4.79 Å². The molecule has 1 N–H and O–H groups in total. The van der Waals surface area contributed by atoms with Crippen molar-refractivity contribution in [2.75, 3.05) is 0 Å². The Bertz CT molecular complexity index is 1500. The number of halogens is 1. The van der Waals surface area contributed by atoms with Gasteiger partial charge in [0, 0.05) is 16.3 Å². The third-order valence-electron chi connectivity index (χ3n) is 5.74. The van der Waals surface area contributed by atoms with Crippen molar-refractivity contribution in [3.8, 4) is 5.69 Å². The Morgan fingerprint density at radius 3 is 2.51 bits per heavy atom. The first-order chi connectivity index (χ1) is 17.1. The lowest BCUT2D eigenvalue weighted by Gasteiger charge is -2.14. The van der Waals surface area contributed by atoms with Crippen LogP contribution < -0.4 is 5.32 Å². The van der Waals surface area contributed by atoms with Crippen molar-refractivity contribution in [3.63, 3.8) is 0 Å². The molecule has 174 valence electrons. The first kappa shape index (κ1) is 23.1. The highest BCUT2D eigenvalue weighted by molar-refractivity contribution is 7.98. The molecule has 0 radical (unpaired) electrons. The molecule has 0 unspecified atom stereocenters. The number of nitrogens with one attached hydrogen (secondary N) is 1. The maximum atomic E-state index is 13.0. The first-order valence-corrected chi connectivity index (χ1v) is 12.6. The standard InChI is InChI=1S/C28H23ClN4OS/c1-19-11-14-24(29)16-25(19)33-26(31-32-28(33)35-18-20-7-3-2-4-8-20)17-30-27(34)23-13-12-21-9-5-6-10-22(21)15-23/h2-16H,17-18H2,1H3,(H,30,34). The highest BCUT2D eigenvalue weighted by Gasteiger charge is 2.18. The topological polar surface area (TPSA) is 59.8 Å². The molecule has 4 aromatic carbocycles. The number of aromatic nitrogens is 3. The minimum atomic E-state index is -0.161. The van der Waals surface area contributed by atoms with Crippen molar-refractivity contribution in [2.24, 2.45) is 0 Å². The van der Waals surface area contributed by atoms with Crippen LogP contribution >= 0.6 is 23.4 Å². The van der Waals surface area contributed by atoms with E-state index in [0.29, 0.717) is 16.4 Å². The van der Waals surface area contributed by atoms with Gasteiger partial charge in [0.05, 0.1) is 12.2 Å². The highest BCUT2D eigenvalue weighted by Crippen LogP contribution is 2.28. The lowest BCUT2D eigenvalue weighted by molar-refractivity contribution is 0.0950. The second-order valence-corrected chi connectivity index (χ2v) is 9.56. The van der Waals surface area contributed by atoms with Crippen molar-refractivity contribution >= 4 is 40.0 Å². The quantitative estimate of drug-likeness (QED) is 0.257. The Kier molecular flexibility index (Phi) is 6.84. The molecule has 1 heterocycles.